The minimum atomic E-state index is -1.77. The van der Waals surface area contributed by atoms with E-state index in [1.165, 1.54) is 27.7 Å². The van der Waals surface area contributed by atoms with E-state index in [1.54, 1.807) is 71.9 Å². The first kappa shape index (κ1) is 83.0. The Morgan fingerprint density at radius 1 is 0.379 bits per heavy atom. The van der Waals surface area contributed by atoms with E-state index in [4.69, 9.17) is 39.5 Å². The fourth-order valence-corrected chi connectivity index (χ4v) is 8.66. The van der Waals surface area contributed by atoms with Gasteiger partial charge in [0.2, 0.25) is 88.6 Å². The molecule has 0 aliphatic rings. The zero-order chi connectivity index (χ0) is 72.7. The summed E-state index contributed by atoms with van der Waals surface area (Å²) in [5, 5.41) is 37.9. The number of carboxylic acids is 1. The first-order chi connectivity index (χ1) is 44.1. The molecule has 1 rings (SSSR count). The first-order valence-corrected chi connectivity index (χ1v) is 30.7. The first-order valence-electron chi connectivity index (χ1n) is 30.7. The number of nitrogens with zero attached hydrogens (tertiary/aromatic N) is 1. The van der Waals surface area contributed by atoms with E-state index in [9.17, 15) is 76.7 Å². The van der Waals surface area contributed by atoms with Crippen LogP contribution in [-0.4, -0.2) is 191 Å². The molecule has 0 saturated carbocycles. The van der Waals surface area contributed by atoms with Crippen molar-refractivity contribution in [1.29, 1.82) is 0 Å². The zero-order valence-electron chi connectivity index (χ0n) is 55.4. The second-order valence-electron chi connectivity index (χ2n) is 24.1. The largest absolute Gasteiger partial charge is 0.480 e. The number of hydrogen-bond acceptors (Lipinski definition) is 18. The van der Waals surface area contributed by atoms with Crippen molar-refractivity contribution in [1.82, 2.24) is 63.8 Å². The monoisotopic (exact) mass is 1340 g/mol. The van der Waals surface area contributed by atoms with Crippen molar-refractivity contribution in [2.45, 2.75) is 206 Å². The van der Waals surface area contributed by atoms with Crippen molar-refractivity contribution < 1.29 is 81.8 Å². The van der Waals surface area contributed by atoms with Crippen molar-refractivity contribution in [3.63, 3.8) is 0 Å². The Morgan fingerprint density at radius 2 is 0.674 bits per heavy atom. The maximum atomic E-state index is 14.4. The molecule has 0 saturated heterocycles. The molecule has 36 nitrogen and oxygen atoms in total. The molecule has 36 heteroatoms. The van der Waals surface area contributed by atoms with E-state index in [1.807, 2.05) is 0 Å². The molecule has 0 bridgehead atoms. The van der Waals surface area contributed by atoms with Gasteiger partial charge in [-0.25, -0.2) is 0 Å². The van der Waals surface area contributed by atoms with E-state index in [0.717, 1.165) is 6.92 Å². The van der Waals surface area contributed by atoms with Gasteiger partial charge >= 0.3 is 5.97 Å². The van der Waals surface area contributed by atoms with Gasteiger partial charge < -0.3 is 103 Å². The molecule has 0 fully saturated rings. The summed E-state index contributed by atoms with van der Waals surface area (Å²) < 4.78 is 0. The number of aliphatic carboxylic acids is 1. The van der Waals surface area contributed by atoms with Gasteiger partial charge in [-0.15, -0.1) is 0 Å². The molecule has 0 heterocycles. The van der Waals surface area contributed by atoms with Crippen molar-refractivity contribution in [3.8, 4) is 0 Å². The third-order valence-electron chi connectivity index (χ3n) is 14.0. The molecule has 25 N–H and O–H groups in total. The average Bonchev–Trinajstić information content (AvgIpc) is 0.926. The minimum Gasteiger partial charge on any atom is -0.480 e. The maximum Gasteiger partial charge on any atom is 0.325 e. The molecule has 0 spiro atoms. The second kappa shape index (κ2) is 40.8. The molecule has 15 amide bonds. The molecule has 0 aromatic heterocycles. The van der Waals surface area contributed by atoms with Crippen molar-refractivity contribution in [2.75, 3.05) is 6.54 Å². The normalized spacial score (nSPS) is 15.1. The van der Waals surface area contributed by atoms with Crippen molar-refractivity contribution in [3.05, 3.63) is 35.9 Å². The third kappa shape index (κ3) is 31.9. The number of hydrogen-bond donors (Lipinski definition) is 19. The van der Waals surface area contributed by atoms with E-state index in [-0.39, 0.29) is 62.4 Å². The smallest absolute Gasteiger partial charge is 0.325 e. The highest BCUT2D eigenvalue weighted by molar-refractivity contribution is 6.01. The van der Waals surface area contributed by atoms with Gasteiger partial charge in [-0.05, 0) is 83.6 Å². The van der Waals surface area contributed by atoms with Gasteiger partial charge in [0, 0.05) is 13.0 Å². The number of rotatable bonds is 42. The number of amides is 15. The van der Waals surface area contributed by atoms with Crippen LogP contribution in [-0.2, 0) is 83.1 Å². The fourth-order valence-electron chi connectivity index (χ4n) is 8.66. The molecule has 0 aliphatic carbocycles. The van der Waals surface area contributed by atoms with E-state index < -0.39 is 192 Å². The van der Waals surface area contributed by atoms with Crippen LogP contribution in [0.2, 0.25) is 0 Å². The number of nitrogens with two attached hydrogens (primary N) is 6. The molecule has 95 heavy (non-hydrogen) atoms. The number of benzene rings is 1. The molecule has 0 radical (unpaired) electrons. The number of nitrogens with one attached hydrogen (secondary N) is 12. The Hall–Kier alpha value is -10.0. The average molecular weight is 1340 g/mol. The van der Waals surface area contributed by atoms with Crippen LogP contribution < -0.4 is 98.2 Å². The number of carbonyl (C=O) groups excluding carboxylic acids is 15. The van der Waals surface area contributed by atoms with Crippen molar-refractivity contribution >= 4 is 101 Å². The highest BCUT2D eigenvalue weighted by Gasteiger charge is 2.36. The van der Waals surface area contributed by atoms with E-state index in [2.05, 4.69) is 68.8 Å². The van der Waals surface area contributed by atoms with Gasteiger partial charge in [-0.3, -0.25) is 81.7 Å². The lowest BCUT2D eigenvalue weighted by atomic mass is 10.00. The molecular formula is C59H97N19O17. The molecule has 530 valence electrons. The Balaban J connectivity index is 3.43. The van der Waals surface area contributed by atoms with Crippen LogP contribution in [0.5, 0.6) is 0 Å². The maximum absolute atomic E-state index is 14.4. The zero-order valence-corrected chi connectivity index (χ0v) is 55.4. The molecule has 0 unspecified atom stereocenters. The van der Waals surface area contributed by atoms with Gasteiger partial charge in [0.05, 0.1) is 25.3 Å². The molecule has 0 aliphatic heterocycles. The Bertz CT molecular complexity index is 2930. The molecule has 13 atom stereocenters. The van der Waals surface area contributed by atoms with Crippen LogP contribution >= 0.6 is 0 Å². The van der Waals surface area contributed by atoms with Gasteiger partial charge in [0.15, 0.2) is 5.96 Å². The van der Waals surface area contributed by atoms with Gasteiger partial charge in [-0.2, -0.15) is 0 Å². The lowest BCUT2D eigenvalue weighted by Gasteiger charge is -2.27. The number of guanidine groups is 1. The van der Waals surface area contributed by atoms with E-state index >= 15 is 0 Å². The SMILES string of the molecule is CC(C)C[C@H](NC(=O)[C@H](C)NC(=O)[C@H](Cc1ccccc1)NC(=O)[C@H](CCCN=C(N)N)NC(=O)[C@H](C)NC(=O)[C@H](CC(N)=O)NC(=O)[C@H](CC(C)C)NC(=O)[C@@H](N)C(C)C)C(=O)N[C@@H](CC(N)=O)C(=O)N[C@@H](C)C(=O)N[C@@H](C)C(=O)N[C@@H](CC(N)=O)C(=O)N[C@@H](C)C(=O)O. The Labute approximate surface area is 550 Å². The number of carbonyl (C=O) groups is 16. The summed E-state index contributed by atoms with van der Waals surface area (Å²) in [6, 6.07) is -10.7. The summed E-state index contributed by atoms with van der Waals surface area (Å²) in [4.78, 5) is 214. The van der Waals surface area contributed by atoms with Crippen LogP contribution in [0.25, 0.3) is 0 Å². The quantitative estimate of drug-likeness (QED) is 0.0164. The highest BCUT2D eigenvalue weighted by atomic mass is 16.4. The summed E-state index contributed by atoms with van der Waals surface area (Å²) >= 11 is 0. The standard InChI is InChI=1S/C59H97N19O17/c1-26(2)20-36(55(91)76-40(24-43(61)80)52(88)68-29(7)46(82)67-30(8)48(84)74-39(23-42(60)79)54(90)71-33(11)58(94)95)73-49(85)32(10)69-51(87)38(22-34-16-13-12-14-17-34)75-50(86)35(18-15-19-66-59(64)65)72-47(83)31(9)70-53(89)41(25-44(62)81)77-56(92)37(21-27(3)4)78-57(93)45(63)28(5)6/h12-14,16-17,26-33,35-41,45H,15,18-25,63H2,1-11H3,(H2,60,79)(H2,61,80)(H2,62,81)(H,67,82)(H,68,88)(H,69,87)(H,70,89)(H,71,90)(H,72,83)(H,73,85)(H,74,84)(H,75,86)(H,76,91)(H,77,92)(H,78,93)(H,94,95)(H4,64,65,66)/t29-,30-,31-,32-,33-,35-,36-,37-,38-,39-,40-,41-,45-/m0/s1. The van der Waals surface area contributed by atoms with Crippen molar-refractivity contribution in [2.24, 2.45) is 57.1 Å². The topological polar surface area (TPSA) is 606 Å². The summed E-state index contributed by atoms with van der Waals surface area (Å²) in [5.74, 6) is -17.2. The van der Waals surface area contributed by atoms with Crippen LogP contribution in [0, 0.1) is 17.8 Å². The van der Waals surface area contributed by atoms with Gasteiger partial charge in [-0.1, -0.05) is 71.9 Å². The second-order valence-corrected chi connectivity index (χ2v) is 24.1. The predicted molar refractivity (Wildman–Crippen MR) is 342 cm³/mol. The van der Waals surface area contributed by atoms with Crippen LogP contribution in [0.15, 0.2) is 35.3 Å². The Morgan fingerprint density at radius 3 is 1.03 bits per heavy atom. The number of primary amides is 3. The Kier molecular flexibility index (Phi) is 35.7. The summed E-state index contributed by atoms with van der Waals surface area (Å²) in [5.41, 5.74) is 33.6. The summed E-state index contributed by atoms with van der Waals surface area (Å²) in [7, 11) is 0. The van der Waals surface area contributed by atoms with Gasteiger partial charge in [0.25, 0.3) is 0 Å². The molecule has 1 aromatic carbocycles. The number of carboxylic acid groups (broad SMARTS) is 1. The number of aliphatic imine (C=N–C) groups is 1. The summed E-state index contributed by atoms with van der Waals surface area (Å²) in [6.07, 6.45) is -2.58. The van der Waals surface area contributed by atoms with E-state index in [0.29, 0.717) is 5.56 Å². The minimum absolute atomic E-state index is 0.0316. The summed E-state index contributed by atoms with van der Waals surface area (Å²) in [6.45, 7) is 16.3. The van der Waals surface area contributed by atoms with Gasteiger partial charge in [0.1, 0.15) is 72.5 Å². The fraction of sp³-hybridized carbons (Fsp3) is 0.610. The van der Waals surface area contributed by atoms with Crippen LogP contribution in [0.1, 0.15) is 127 Å². The van der Waals surface area contributed by atoms with Crippen LogP contribution in [0.4, 0.5) is 0 Å². The lowest BCUT2D eigenvalue weighted by Crippen LogP contribution is -2.60. The molecular weight excluding hydrogens is 1250 g/mol. The third-order valence-corrected chi connectivity index (χ3v) is 14.0. The predicted octanol–water partition coefficient (Wildman–Crippen LogP) is -7.01. The molecule has 1 aromatic rings. The highest BCUT2D eigenvalue weighted by Crippen LogP contribution is 2.12. The van der Waals surface area contributed by atoms with Crippen LogP contribution in [0.3, 0.4) is 0 Å². The lowest BCUT2D eigenvalue weighted by molar-refractivity contribution is -0.142.